The summed E-state index contributed by atoms with van der Waals surface area (Å²) in [7, 11) is 0. The van der Waals surface area contributed by atoms with Gasteiger partial charge in [-0.2, -0.15) is 0 Å². The van der Waals surface area contributed by atoms with Gasteiger partial charge in [0, 0.05) is 6.92 Å². The molecule has 0 aromatic heterocycles. The molecule has 0 radical (unpaired) electrons. The zero-order valence-corrected chi connectivity index (χ0v) is 19.3. The molecule has 1 unspecified atom stereocenters. The largest absolute Gasteiger partial charge is 0.458 e. The van der Waals surface area contributed by atoms with Crippen LogP contribution in [-0.2, 0) is 16.0 Å². The van der Waals surface area contributed by atoms with Crippen LogP contribution in [0.1, 0.15) is 102 Å². The molecular formula is C28H40O2. The van der Waals surface area contributed by atoms with Crippen molar-refractivity contribution in [3.8, 4) is 11.1 Å². The fourth-order valence-electron chi connectivity index (χ4n) is 3.94. The highest BCUT2D eigenvalue weighted by molar-refractivity contribution is 5.67. The summed E-state index contributed by atoms with van der Waals surface area (Å²) >= 11 is 0. The summed E-state index contributed by atoms with van der Waals surface area (Å²) in [6.45, 7) is 5.63. The number of carbonyl (C=O) groups is 1. The fourth-order valence-corrected chi connectivity index (χ4v) is 3.94. The van der Waals surface area contributed by atoms with Gasteiger partial charge in [-0.25, -0.2) is 0 Å². The van der Waals surface area contributed by atoms with Gasteiger partial charge in [-0.1, -0.05) is 113 Å². The van der Waals surface area contributed by atoms with Crippen LogP contribution in [-0.4, -0.2) is 5.97 Å². The van der Waals surface area contributed by atoms with Gasteiger partial charge in [0.2, 0.25) is 0 Å². The summed E-state index contributed by atoms with van der Waals surface area (Å²) in [6.07, 6.45) is 14.8. The topological polar surface area (TPSA) is 26.3 Å². The first kappa shape index (κ1) is 24.2. The standard InChI is InChI=1S/C28H40O2/c1-4-5-6-7-8-9-10-11-12-13-14-25-15-17-27(18-16-25)28-21-19-26(20-22-28)23(2)30-24(3)29/h15-23H,4-14H2,1-3H3. The smallest absolute Gasteiger partial charge is 0.303 e. The van der Waals surface area contributed by atoms with E-state index in [1.807, 2.05) is 19.1 Å². The number of aryl methyl sites for hydroxylation is 1. The molecule has 0 spiro atoms. The van der Waals surface area contributed by atoms with Gasteiger partial charge in [0.15, 0.2) is 0 Å². The normalized spacial score (nSPS) is 12.0. The van der Waals surface area contributed by atoms with E-state index >= 15 is 0 Å². The molecule has 0 amide bonds. The van der Waals surface area contributed by atoms with Crippen LogP contribution in [0.15, 0.2) is 48.5 Å². The second kappa shape index (κ2) is 14.0. The molecule has 0 heterocycles. The van der Waals surface area contributed by atoms with E-state index in [0.717, 1.165) is 5.56 Å². The number of ether oxygens (including phenoxy) is 1. The number of carbonyl (C=O) groups excluding carboxylic acids is 1. The lowest BCUT2D eigenvalue weighted by atomic mass is 9.99. The molecule has 0 aliphatic rings. The minimum atomic E-state index is -0.246. The van der Waals surface area contributed by atoms with Gasteiger partial charge in [0.1, 0.15) is 6.10 Å². The Hall–Kier alpha value is -2.09. The SMILES string of the molecule is CCCCCCCCCCCCc1ccc(-c2ccc(C(C)OC(C)=O)cc2)cc1. The average molecular weight is 409 g/mol. The zero-order valence-electron chi connectivity index (χ0n) is 19.3. The maximum atomic E-state index is 11.1. The molecule has 0 N–H and O–H groups in total. The van der Waals surface area contributed by atoms with Crippen LogP contribution < -0.4 is 0 Å². The molecule has 2 rings (SSSR count). The fraction of sp³-hybridized carbons (Fsp3) is 0.536. The van der Waals surface area contributed by atoms with E-state index in [-0.39, 0.29) is 12.1 Å². The molecule has 164 valence electrons. The summed E-state index contributed by atoms with van der Waals surface area (Å²) in [6, 6.07) is 17.3. The van der Waals surface area contributed by atoms with Crippen LogP contribution in [0.25, 0.3) is 11.1 Å². The molecule has 0 fully saturated rings. The van der Waals surface area contributed by atoms with Crippen molar-refractivity contribution in [1.82, 2.24) is 0 Å². The second-order valence-corrected chi connectivity index (χ2v) is 8.50. The molecule has 0 aliphatic carbocycles. The molecule has 2 aromatic carbocycles. The number of benzene rings is 2. The highest BCUT2D eigenvalue weighted by Crippen LogP contribution is 2.24. The molecule has 0 aliphatic heterocycles. The first-order chi connectivity index (χ1) is 14.6. The summed E-state index contributed by atoms with van der Waals surface area (Å²) in [5.74, 6) is -0.246. The minimum absolute atomic E-state index is 0.208. The third kappa shape index (κ3) is 9.15. The monoisotopic (exact) mass is 408 g/mol. The van der Waals surface area contributed by atoms with Crippen molar-refractivity contribution in [2.75, 3.05) is 0 Å². The highest BCUT2D eigenvalue weighted by Gasteiger charge is 2.08. The van der Waals surface area contributed by atoms with Crippen LogP contribution in [0.3, 0.4) is 0 Å². The molecule has 2 aromatic rings. The quantitative estimate of drug-likeness (QED) is 0.231. The number of esters is 1. The molecule has 2 heteroatoms. The molecule has 0 bridgehead atoms. The van der Waals surface area contributed by atoms with Crippen molar-refractivity contribution in [3.05, 3.63) is 59.7 Å². The Kier molecular flexibility index (Phi) is 11.3. The predicted octanol–water partition coefficient (Wildman–Crippen LogP) is 8.44. The lowest BCUT2D eigenvalue weighted by Crippen LogP contribution is -2.04. The van der Waals surface area contributed by atoms with Gasteiger partial charge in [-0.05, 0) is 42.0 Å². The van der Waals surface area contributed by atoms with Crippen molar-refractivity contribution >= 4 is 5.97 Å². The molecule has 2 nitrogen and oxygen atoms in total. The van der Waals surface area contributed by atoms with Gasteiger partial charge < -0.3 is 4.74 Å². The van der Waals surface area contributed by atoms with E-state index in [2.05, 4.69) is 43.3 Å². The summed E-state index contributed by atoms with van der Waals surface area (Å²) in [4.78, 5) is 11.1. The Morgan fingerprint density at radius 2 is 1.20 bits per heavy atom. The second-order valence-electron chi connectivity index (χ2n) is 8.50. The average Bonchev–Trinajstić information content (AvgIpc) is 2.75. The Labute approximate surface area is 184 Å². The number of hydrogen-bond donors (Lipinski definition) is 0. The van der Waals surface area contributed by atoms with Gasteiger partial charge in [0.25, 0.3) is 0 Å². The van der Waals surface area contributed by atoms with E-state index in [1.165, 1.54) is 94.2 Å². The van der Waals surface area contributed by atoms with E-state index < -0.39 is 0 Å². The number of hydrogen-bond acceptors (Lipinski definition) is 2. The minimum Gasteiger partial charge on any atom is -0.458 e. The van der Waals surface area contributed by atoms with Gasteiger partial charge in [-0.15, -0.1) is 0 Å². The van der Waals surface area contributed by atoms with Crippen molar-refractivity contribution < 1.29 is 9.53 Å². The van der Waals surface area contributed by atoms with Gasteiger partial charge in [0.05, 0.1) is 0 Å². The summed E-state index contributed by atoms with van der Waals surface area (Å²) in [5, 5.41) is 0. The van der Waals surface area contributed by atoms with Crippen LogP contribution >= 0.6 is 0 Å². The lowest BCUT2D eigenvalue weighted by Gasteiger charge is -2.13. The molecule has 1 atom stereocenters. The summed E-state index contributed by atoms with van der Waals surface area (Å²) < 4.78 is 5.25. The van der Waals surface area contributed by atoms with E-state index in [9.17, 15) is 4.79 Å². The first-order valence-electron chi connectivity index (χ1n) is 12.0. The van der Waals surface area contributed by atoms with E-state index in [1.54, 1.807) is 0 Å². The van der Waals surface area contributed by atoms with Crippen LogP contribution in [0.2, 0.25) is 0 Å². The van der Waals surface area contributed by atoms with Crippen molar-refractivity contribution in [2.24, 2.45) is 0 Å². The Bertz CT molecular complexity index is 715. The van der Waals surface area contributed by atoms with Crippen LogP contribution in [0, 0.1) is 0 Å². The Morgan fingerprint density at radius 1 is 0.733 bits per heavy atom. The Morgan fingerprint density at radius 3 is 1.70 bits per heavy atom. The predicted molar refractivity (Wildman–Crippen MR) is 128 cm³/mol. The lowest BCUT2D eigenvalue weighted by molar-refractivity contribution is -0.145. The zero-order chi connectivity index (χ0) is 21.6. The molecular weight excluding hydrogens is 368 g/mol. The van der Waals surface area contributed by atoms with E-state index in [4.69, 9.17) is 4.74 Å². The van der Waals surface area contributed by atoms with Crippen molar-refractivity contribution in [2.45, 2.75) is 97.5 Å². The van der Waals surface area contributed by atoms with Crippen LogP contribution in [0.5, 0.6) is 0 Å². The van der Waals surface area contributed by atoms with E-state index in [0.29, 0.717) is 0 Å². The van der Waals surface area contributed by atoms with Gasteiger partial charge in [-0.3, -0.25) is 4.79 Å². The number of rotatable bonds is 14. The summed E-state index contributed by atoms with van der Waals surface area (Å²) in [5.41, 5.74) is 4.87. The first-order valence-corrected chi connectivity index (χ1v) is 12.0. The highest BCUT2D eigenvalue weighted by atomic mass is 16.5. The van der Waals surface area contributed by atoms with Crippen molar-refractivity contribution in [3.63, 3.8) is 0 Å². The third-order valence-corrected chi connectivity index (χ3v) is 5.83. The Balaban J connectivity index is 1.68. The number of unbranched alkanes of at least 4 members (excludes halogenated alkanes) is 9. The maximum Gasteiger partial charge on any atom is 0.303 e. The third-order valence-electron chi connectivity index (χ3n) is 5.83. The van der Waals surface area contributed by atoms with Crippen molar-refractivity contribution in [1.29, 1.82) is 0 Å². The maximum absolute atomic E-state index is 11.1. The molecule has 30 heavy (non-hydrogen) atoms. The molecule has 0 saturated carbocycles. The van der Waals surface area contributed by atoms with Crippen LogP contribution in [0.4, 0.5) is 0 Å². The van der Waals surface area contributed by atoms with Gasteiger partial charge >= 0.3 is 5.97 Å². The molecule has 0 saturated heterocycles.